The van der Waals surface area contributed by atoms with Gasteiger partial charge in [-0.2, -0.15) is 0 Å². The molecule has 0 amide bonds. The predicted molar refractivity (Wildman–Crippen MR) is 39.4 cm³/mol. The Morgan fingerprint density at radius 3 is 1.75 bits per heavy atom. The Labute approximate surface area is 75.1 Å². The quantitative estimate of drug-likeness (QED) is 0.280. The van der Waals surface area contributed by atoms with E-state index in [0.717, 1.165) is 0 Å². The second kappa shape index (κ2) is 3.09. The lowest BCUT2D eigenvalue weighted by atomic mass is 9.95. The molecule has 12 heavy (non-hydrogen) atoms. The molecule has 6 heteroatoms. The third kappa shape index (κ3) is 1.24. The van der Waals surface area contributed by atoms with Crippen molar-refractivity contribution >= 4 is 29.2 Å². The van der Waals surface area contributed by atoms with Gasteiger partial charge in [0.15, 0.2) is 23.3 Å². The summed E-state index contributed by atoms with van der Waals surface area (Å²) in [6.07, 6.45) is 0. The van der Waals surface area contributed by atoms with E-state index < -0.39 is 33.2 Å². The average Bonchev–Trinajstić information content (AvgIpc) is 2.08. The molecule has 0 unspecified atom stereocenters. The molecule has 0 heterocycles. The summed E-state index contributed by atoms with van der Waals surface area (Å²) in [4.78, 5) is 0. The van der Waals surface area contributed by atoms with Crippen molar-refractivity contribution in [2.45, 2.75) is 0 Å². The zero-order valence-corrected chi connectivity index (χ0v) is 7.05. The van der Waals surface area contributed by atoms with Crippen LogP contribution in [-0.4, -0.2) is 7.85 Å². The zero-order valence-electron chi connectivity index (χ0n) is 5.47. The van der Waals surface area contributed by atoms with Crippen LogP contribution in [-0.2, 0) is 0 Å². The molecule has 62 valence electrons. The molecule has 0 saturated carbocycles. The highest BCUT2D eigenvalue weighted by atomic mass is 79.9. The van der Waals surface area contributed by atoms with Gasteiger partial charge in [0.25, 0.3) is 0 Å². The molecule has 0 aliphatic heterocycles. The Morgan fingerprint density at radius 1 is 0.833 bits per heavy atom. The Morgan fingerprint density at radius 2 is 1.25 bits per heavy atom. The van der Waals surface area contributed by atoms with Crippen LogP contribution in [0.1, 0.15) is 0 Å². The van der Waals surface area contributed by atoms with Crippen LogP contribution in [0.5, 0.6) is 0 Å². The van der Waals surface area contributed by atoms with Gasteiger partial charge in [0.1, 0.15) is 7.85 Å². The van der Waals surface area contributed by atoms with Gasteiger partial charge in [-0.25, -0.2) is 17.6 Å². The van der Waals surface area contributed by atoms with Crippen molar-refractivity contribution in [1.82, 2.24) is 0 Å². The Balaban J connectivity index is 3.60. The van der Waals surface area contributed by atoms with Crippen LogP contribution in [0, 0.1) is 23.3 Å². The van der Waals surface area contributed by atoms with Gasteiger partial charge in [-0.15, -0.1) is 0 Å². The highest BCUT2D eigenvalue weighted by molar-refractivity contribution is 9.10. The van der Waals surface area contributed by atoms with E-state index >= 15 is 0 Å². The molecule has 0 saturated heterocycles. The summed E-state index contributed by atoms with van der Waals surface area (Å²) in [6.45, 7) is 0. The van der Waals surface area contributed by atoms with E-state index in [1.54, 1.807) is 0 Å². The van der Waals surface area contributed by atoms with E-state index in [1.807, 2.05) is 0 Å². The molecule has 0 fully saturated rings. The van der Waals surface area contributed by atoms with Crippen LogP contribution in [0.2, 0.25) is 0 Å². The summed E-state index contributed by atoms with van der Waals surface area (Å²) in [5, 5.41) is 0. The van der Waals surface area contributed by atoms with Gasteiger partial charge < -0.3 is 0 Å². The van der Waals surface area contributed by atoms with Crippen LogP contribution in [0.3, 0.4) is 0 Å². The zero-order chi connectivity index (χ0) is 9.46. The molecule has 0 bridgehead atoms. The monoisotopic (exact) mass is 238 g/mol. The maximum absolute atomic E-state index is 12.5. The summed E-state index contributed by atoms with van der Waals surface area (Å²) >= 11 is 2.47. The second-order valence-corrected chi connectivity index (χ2v) is 2.78. The molecule has 0 nitrogen and oxygen atoms in total. The SMILES string of the molecule is [B]c1c(F)c(F)c(F)c(F)c1Br. The number of hydrogen-bond donors (Lipinski definition) is 0. The van der Waals surface area contributed by atoms with Gasteiger partial charge in [-0.3, -0.25) is 0 Å². The van der Waals surface area contributed by atoms with E-state index in [0.29, 0.717) is 0 Å². The van der Waals surface area contributed by atoms with E-state index in [2.05, 4.69) is 15.9 Å². The van der Waals surface area contributed by atoms with Crippen molar-refractivity contribution in [3.8, 4) is 0 Å². The molecule has 0 aliphatic carbocycles. The van der Waals surface area contributed by atoms with Crippen LogP contribution >= 0.6 is 15.9 Å². The number of rotatable bonds is 0. The lowest BCUT2D eigenvalue weighted by molar-refractivity contribution is 0.410. The minimum Gasteiger partial charge on any atom is -0.204 e. The molecule has 0 atom stereocenters. The third-order valence-electron chi connectivity index (χ3n) is 1.24. The molecule has 1 aromatic rings. The molecule has 0 aromatic heterocycles. The lowest BCUT2D eigenvalue weighted by Gasteiger charge is -2.04. The first kappa shape index (κ1) is 9.57. The molecule has 0 spiro atoms. The van der Waals surface area contributed by atoms with E-state index in [4.69, 9.17) is 7.85 Å². The fraction of sp³-hybridized carbons (Fsp3) is 0. The molecule has 0 aliphatic rings. The van der Waals surface area contributed by atoms with Gasteiger partial charge in [0.05, 0.1) is 4.47 Å². The van der Waals surface area contributed by atoms with Gasteiger partial charge in [-0.05, 0) is 21.4 Å². The molecule has 2 radical (unpaired) electrons. The van der Waals surface area contributed by atoms with Gasteiger partial charge in [-0.1, -0.05) is 0 Å². The molecular formula is C6BBrF4. The Hall–Kier alpha value is -0.515. The molecule has 1 rings (SSSR count). The summed E-state index contributed by atoms with van der Waals surface area (Å²) in [5.41, 5.74) is -0.786. The Bertz CT molecular complexity index is 234. The van der Waals surface area contributed by atoms with Gasteiger partial charge >= 0.3 is 0 Å². The van der Waals surface area contributed by atoms with Crippen molar-refractivity contribution in [2.75, 3.05) is 0 Å². The normalized spacial score (nSPS) is 10.4. The Kier molecular flexibility index (Phi) is 2.46. The van der Waals surface area contributed by atoms with Gasteiger partial charge in [0.2, 0.25) is 0 Å². The maximum Gasteiger partial charge on any atom is 0.198 e. The van der Waals surface area contributed by atoms with Crippen LogP contribution in [0.15, 0.2) is 4.47 Å². The summed E-state index contributed by atoms with van der Waals surface area (Å²) in [5.74, 6) is -6.92. The first-order chi connectivity index (χ1) is 5.46. The second-order valence-electron chi connectivity index (χ2n) is 1.98. The van der Waals surface area contributed by atoms with E-state index in [-0.39, 0.29) is 0 Å². The smallest absolute Gasteiger partial charge is 0.198 e. The minimum absolute atomic E-state index is 0.612. The summed E-state index contributed by atoms with van der Waals surface area (Å²) in [7, 11) is 4.88. The fourth-order valence-electron chi connectivity index (χ4n) is 0.622. The van der Waals surface area contributed by atoms with Gasteiger partial charge in [0, 0.05) is 0 Å². The highest BCUT2D eigenvalue weighted by Gasteiger charge is 2.20. The van der Waals surface area contributed by atoms with Crippen molar-refractivity contribution in [3.63, 3.8) is 0 Å². The van der Waals surface area contributed by atoms with Crippen LogP contribution in [0.4, 0.5) is 17.6 Å². The third-order valence-corrected chi connectivity index (χ3v) is 2.02. The van der Waals surface area contributed by atoms with Crippen molar-refractivity contribution in [2.24, 2.45) is 0 Å². The molecule has 0 N–H and O–H groups in total. The average molecular weight is 239 g/mol. The van der Waals surface area contributed by atoms with Crippen LogP contribution in [0.25, 0.3) is 0 Å². The minimum atomic E-state index is -1.91. The topological polar surface area (TPSA) is 0 Å². The lowest BCUT2D eigenvalue weighted by Crippen LogP contribution is -2.17. The number of halogens is 5. The standard InChI is InChI=1S/C6BBrF4/c7-1-2(8)4(10)6(12)5(11)3(1)9. The van der Waals surface area contributed by atoms with Crippen molar-refractivity contribution in [3.05, 3.63) is 27.7 Å². The van der Waals surface area contributed by atoms with Crippen molar-refractivity contribution in [1.29, 1.82) is 0 Å². The summed E-state index contributed by atoms with van der Waals surface area (Å²) < 4.78 is 49.1. The van der Waals surface area contributed by atoms with Crippen molar-refractivity contribution < 1.29 is 17.6 Å². The first-order valence-corrected chi connectivity index (χ1v) is 3.53. The maximum atomic E-state index is 12.5. The largest absolute Gasteiger partial charge is 0.204 e. The fourth-order valence-corrected chi connectivity index (χ4v) is 0.970. The predicted octanol–water partition coefficient (Wildman–Crippen LogP) is 1.80. The summed E-state index contributed by atoms with van der Waals surface area (Å²) in [6, 6.07) is 0. The van der Waals surface area contributed by atoms with E-state index in [1.165, 1.54) is 0 Å². The van der Waals surface area contributed by atoms with E-state index in [9.17, 15) is 17.6 Å². The number of benzene rings is 1. The van der Waals surface area contributed by atoms with Crippen LogP contribution < -0.4 is 5.46 Å². The number of hydrogen-bond acceptors (Lipinski definition) is 0. The first-order valence-electron chi connectivity index (χ1n) is 2.73. The molecular weight excluding hydrogens is 239 g/mol. The molecule has 1 aromatic carbocycles. The highest BCUT2D eigenvalue weighted by Crippen LogP contribution is 2.20.